The van der Waals surface area contributed by atoms with Gasteiger partial charge in [-0.25, -0.2) is 4.99 Å². The number of amides is 1. The summed E-state index contributed by atoms with van der Waals surface area (Å²) < 4.78 is 13.2. The van der Waals surface area contributed by atoms with Crippen LogP contribution in [0.2, 0.25) is 0 Å². The molecule has 4 aromatic rings. The zero-order valence-electron chi connectivity index (χ0n) is 19.4. The van der Waals surface area contributed by atoms with Gasteiger partial charge in [-0.05, 0) is 61.9 Å². The quantitative estimate of drug-likeness (QED) is 0.466. The first-order chi connectivity index (χ1) is 16.9. The van der Waals surface area contributed by atoms with Crippen molar-refractivity contribution in [2.45, 2.75) is 19.9 Å². The summed E-state index contributed by atoms with van der Waals surface area (Å²) in [6.45, 7) is 3.61. The second-order valence-corrected chi connectivity index (χ2v) is 9.13. The van der Waals surface area contributed by atoms with E-state index in [4.69, 9.17) is 9.15 Å². The van der Waals surface area contributed by atoms with Crippen LogP contribution in [-0.4, -0.2) is 17.6 Å². The highest BCUT2D eigenvalue weighted by molar-refractivity contribution is 7.07. The molecule has 35 heavy (non-hydrogen) atoms. The number of methoxy groups -OCH3 is 1. The predicted molar refractivity (Wildman–Crippen MR) is 135 cm³/mol. The van der Waals surface area contributed by atoms with Crippen LogP contribution in [0.4, 0.5) is 5.69 Å². The van der Waals surface area contributed by atoms with Crippen LogP contribution in [0.3, 0.4) is 0 Å². The minimum Gasteiger partial charge on any atom is -0.497 e. The number of aryl methyl sites for hydroxylation is 1. The molecule has 0 radical (unpaired) electrons. The number of aromatic nitrogens is 1. The summed E-state index contributed by atoms with van der Waals surface area (Å²) in [5.74, 6) is 1.60. The fourth-order valence-corrected chi connectivity index (χ4v) is 5.10. The maximum atomic E-state index is 13.6. The molecule has 1 aliphatic rings. The Balaban J connectivity index is 1.64. The lowest BCUT2D eigenvalue weighted by atomic mass is 10.00. The summed E-state index contributed by atoms with van der Waals surface area (Å²) in [6.07, 6.45) is 1.82. The Kier molecular flexibility index (Phi) is 5.96. The number of thiazole rings is 1. The number of carbonyl (C=O) groups excluding carboxylic acids is 1. The molecule has 0 spiro atoms. The first-order valence-electron chi connectivity index (χ1n) is 11.0. The predicted octanol–water partition coefficient (Wildman–Crippen LogP) is 3.78. The second kappa shape index (κ2) is 9.23. The third-order valence-electron chi connectivity index (χ3n) is 5.74. The number of fused-ring (bicyclic) bond motifs is 1. The Morgan fingerprint density at radius 2 is 1.83 bits per heavy atom. The number of allylic oxidation sites excluding steroid dienone is 1. The van der Waals surface area contributed by atoms with Gasteiger partial charge in [0.05, 0.1) is 22.9 Å². The number of rotatable bonds is 5. The number of hydrogen-bond donors (Lipinski definition) is 1. The van der Waals surface area contributed by atoms with Gasteiger partial charge in [0, 0.05) is 5.69 Å². The van der Waals surface area contributed by atoms with Gasteiger partial charge < -0.3 is 14.5 Å². The first-order valence-corrected chi connectivity index (χ1v) is 11.9. The van der Waals surface area contributed by atoms with Gasteiger partial charge in [-0.1, -0.05) is 41.7 Å². The van der Waals surface area contributed by atoms with Crippen LogP contribution in [-0.2, 0) is 4.79 Å². The van der Waals surface area contributed by atoms with E-state index in [1.165, 1.54) is 11.3 Å². The summed E-state index contributed by atoms with van der Waals surface area (Å²) in [6, 6.07) is 19.5. The molecule has 1 atom stereocenters. The van der Waals surface area contributed by atoms with Gasteiger partial charge in [-0.15, -0.1) is 0 Å². The summed E-state index contributed by atoms with van der Waals surface area (Å²) in [5, 5.41) is 2.93. The highest BCUT2D eigenvalue weighted by Crippen LogP contribution is 2.31. The van der Waals surface area contributed by atoms with Gasteiger partial charge in [0.2, 0.25) is 0 Å². The van der Waals surface area contributed by atoms with E-state index in [1.54, 1.807) is 24.7 Å². The van der Waals surface area contributed by atoms with Crippen LogP contribution in [0, 0.1) is 6.92 Å². The van der Waals surface area contributed by atoms with Gasteiger partial charge in [0.1, 0.15) is 23.3 Å². The molecule has 0 bridgehead atoms. The Morgan fingerprint density at radius 3 is 2.49 bits per heavy atom. The summed E-state index contributed by atoms with van der Waals surface area (Å²) in [5.41, 5.74) is 2.19. The Labute approximate surface area is 205 Å². The van der Waals surface area contributed by atoms with Crippen molar-refractivity contribution >= 4 is 29.0 Å². The van der Waals surface area contributed by atoms with E-state index in [1.807, 2.05) is 73.7 Å². The number of anilines is 1. The van der Waals surface area contributed by atoms with Crippen molar-refractivity contribution in [3.05, 3.63) is 115 Å². The molecule has 0 saturated carbocycles. The number of nitrogens with zero attached hydrogens (tertiary/aromatic N) is 2. The van der Waals surface area contributed by atoms with E-state index in [9.17, 15) is 9.59 Å². The number of para-hydroxylation sites is 1. The smallest absolute Gasteiger partial charge is 0.271 e. The maximum Gasteiger partial charge on any atom is 0.271 e. The average Bonchev–Trinajstić information content (AvgIpc) is 3.42. The van der Waals surface area contributed by atoms with E-state index in [0.717, 1.165) is 11.3 Å². The molecule has 5 rings (SSSR count). The van der Waals surface area contributed by atoms with Gasteiger partial charge >= 0.3 is 0 Å². The molecule has 0 unspecified atom stereocenters. The van der Waals surface area contributed by atoms with Crippen molar-refractivity contribution in [2.75, 3.05) is 12.4 Å². The van der Waals surface area contributed by atoms with E-state index < -0.39 is 6.04 Å². The normalized spacial score (nSPS) is 15.5. The highest BCUT2D eigenvalue weighted by Gasteiger charge is 2.34. The summed E-state index contributed by atoms with van der Waals surface area (Å²) >= 11 is 1.28. The van der Waals surface area contributed by atoms with Crippen molar-refractivity contribution < 1.29 is 13.9 Å². The molecule has 176 valence electrons. The largest absolute Gasteiger partial charge is 0.497 e. The lowest BCUT2D eigenvalue weighted by Gasteiger charge is -2.23. The number of hydrogen-bond acceptors (Lipinski definition) is 6. The molecule has 8 heteroatoms. The molecule has 1 N–H and O–H groups in total. The monoisotopic (exact) mass is 485 g/mol. The zero-order chi connectivity index (χ0) is 24.5. The SMILES string of the molecule is COc1ccc(/C=c2\sc3n(c2=O)[C@H](c2ccc(C)o2)C(C(=O)Nc2ccccc2)=C(C)N=3)cc1. The Bertz CT molecular complexity index is 1610. The minimum absolute atomic E-state index is 0.235. The molecule has 0 saturated heterocycles. The fraction of sp³-hybridized carbons (Fsp3) is 0.148. The number of furan rings is 1. The molecule has 2 aromatic heterocycles. The average molecular weight is 486 g/mol. The molecule has 0 aliphatic carbocycles. The molecule has 1 amide bonds. The number of ether oxygens (including phenoxy) is 1. The fourth-order valence-electron chi connectivity index (χ4n) is 4.05. The molecular weight excluding hydrogens is 462 g/mol. The van der Waals surface area contributed by atoms with Crippen LogP contribution < -0.4 is 24.9 Å². The third-order valence-corrected chi connectivity index (χ3v) is 6.73. The summed E-state index contributed by atoms with van der Waals surface area (Å²) in [7, 11) is 1.61. The van der Waals surface area contributed by atoms with Gasteiger partial charge in [0.25, 0.3) is 11.5 Å². The van der Waals surface area contributed by atoms with Gasteiger partial charge in [-0.3, -0.25) is 14.2 Å². The second-order valence-electron chi connectivity index (χ2n) is 8.12. The molecule has 0 fully saturated rings. The summed E-state index contributed by atoms with van der Waals surface area (Å²) in [4.78, 5) is 32.2. The van der Waals surface area contributed by atoms with E-state index in [2.05, 4.69) is 10.3 Å². The standard InChI is InChI=1S/C27H23N3O4S/c1-16-9-14-21(34-16)24-23(25(31)29-19-7-5-4-6-8-19)17(2)28-27-30(24)26(32)22(35-27)15-18-10-12-20(33-3)13-11-18/h4-15,24H,1-3H3,(H,29,31)/b22-15-/t24-/m1/s1. The number of benzene rings is 2. The molecular formula is C27H23N3O4S. The van der Waals surface area contributed by atoms with E-state index >= 15 is 0 Å². The lowest BCUT2D eigenvalue weighted by Crippen LogP contribution is -2.40. The highest BCUT2D eigenvalue weighted by atomic mass is 32.1. The van der Waals surface area contributed by atoms with Gasteiger partial charge in [0.15, 0.2) is 4.80 Å². The van der Waals surface area contributed by atoms with E-state index in [0.29, 0.717) is 37.8 Å². The minimum atomic E-state index is -0.735. The van der Waals surface area contributed by atoms with Crippen LogP contribution in [0.1, 0.15) is 30.0 Å². The Hall–Kier alpha value is -4.17. The zero-order valence-corrected chi connectivity index (χ0v) is 20.3. The molecule has 7 nitrogen and oxygen atoms in total. The van der Waals surface area contributed by atoms with Crippen molar-refractivity contribution in [3.8, 4) is 5.75 Å². The van der Waals surface area contributed by atoms with Crippen LogP contribution >= 0.6 is 11.3 Å². The van der Waals surface area contributed by atoms with Crippen LogP contribution in [0.5, 0.6) is 5.75 Å². The van der Waals surface area contributed by atoms with Crippen molar-refractivity contribution in [3.63, 3.8) is 0 Å². The number of carbonyl (C=O) groups is 1. The van der Waals surface area contributed by atoms with Crippen molar-refractivity contribution in [2.24, 2.45) is 4.99 Å². The topological polar surface area (TPSA) is 85.8 Å². The third kappa shape index (κ3) is 4.36. The first kappa shape index (κ1) is 22.6. The maximum absolute atomic E-state index is 13.6. The van der Waals surface area contributed by atoms with E-state index in [-0.39, 0.29) is 11.5 Å². The van der Waals surface area contributed by atoms with Crippen molar-refractivity contribution in [1.29, 1.82) is 0 Å². The van der Waals surface area contributed by atoms with Crippen LogP contribution in [0.15, 0.2) is 92.2 Å². The number of nitrogens with one attached hydrogen (secondary N) is 1. The molecule has 3 heterocycles. The van der Waals surface area contributed by atoms with Gasteiger partial charge in [-0.2, -0.15) is 0 Å². The lowest BCUT2D eigenvalue weighted by molar-refractivity contribution is -0.113. The van der Waals surface area contributed by atoms with Crippen LogP contribution in [0.25, 0.3) is 6.08 Å². The Morgan fingerprint density at radius 1 is 1.09 bits per heavy atom. The molecule has 2 aromatic carbocycles. The van der Waals surface area contributed by atoms with Crippen molar-refractivity contribution in [1.82, 2.24) is 4.57 Å². The molecule has 1 aliphatic heterocycles.